The molecular formula is C33H49NO3. The Hall–Kier alpha value is -2.62. The molecule has 2 aromatic carbocycles. The molecular weight excluding hydrogens is 458 g/mol. The largest absolute Gasteiger partial charge is 0.465 e. The third-order valence-electron chi connectivity index (χ3n) is 6.99. The minimum atomic E-state index is -0.996. The highest BCUT2D eigenvalue weighted by Crippen LogP contribution is 2.33. The number of carbonyl (C=O) groups is 2. The van der Waals surface area contributed by atoms with Crippen molar-refractivity contribution in [2.75, 3.05) is 11.9 Å². The van der Waals surface area contributed by atoms with Gasteiger partial charge >= 0.3 is 5.97 Å². The third kappa shape index (κ3) is 10.3. The van der Waals surface area contributed by atoms with E-state index in [2.05, 4.69) is 39.9 Å². The summed E-state index contributed by atoms with van der Waals surface area (Å²) in [6, 6.07) is 15.4. The predicted molar refractivity (Wildman–Crippen MR) is 155 cm³/mol. The van der Waals surface area contributed by atoms with E-state index in [1.54, 1.807) is 0 Å². The highest BCUT2D eigenvalue weighted by Gasteiger charge is 2.31. The molecule has 2 aromatic rings. The molecule has 4 nitrogen and oxygen atoms in total. The van der Waals surface area contributed by atoms with Crippen molar-refractivity contribution in [2.45, 2.75) is 117 Å². The van der Waals surface area contributed by atoms with Gasteiger partial charge in [-0.25, -0.2) is 0 Å². The van der Waals surface area contributed by atoms with Crippen molar-refractivity contribution in [1.82, 2.24) is 0 Å². The molecule has 37 heavy (non-hydrogen) atoms. The predicted octanol–water partition coefficient (Wildman–Crippen LogP) is 9.12. The summed E-state index contributed by atoms with van der Waals surface area (Å²) < 4.78 is 5.65. The Bertz CT molecular complexity index is 910. The quantitative estimate of drug-likeness (QED) is 0.132. The Labute approximate surface area is 225 Å². The van der Waals surface area contributed by atoms with E-state index in [0.29, 0.717) is 12.2 Å². The summed E-state index contributed by atoms with van der Waals surface area (Å²) >= 11 is 0. The first-order chi connectivity index (χ1) is 17.9. The van der Waals surface area contributed by atoms with E-state index >= 15 is 0 Å². The molecule has 0 spiro atoms. The number of anilines is 1. The number of amides is 1. The second kappa shape index (κ2) is 17.0. The average molecular weight is 508 g/mol. The fourth-order valence-corrected chi connectivity index (χ4v) is 4.78. The lowest BCUT2D eigenvalue weighted by atomic mass is 9.91. The zero-order chi connectivity index (χ0) is 27.0. The smallest absolute Gasteiger partial charge is 0.323 e. The monoisotopic (exact) mass is 507 g/mol. The second-order valence-electron chi connectivity index (χ2n) is 10.8. The van der Waals surface area contributed by atoms with Crippen LogP contribution in [0.25, 0.3) is 0 Å². The summed E-state index contributed by atoms with van der Waals surface area (Å²) in [5, 5.41) is 3.12. The Kier molecular flexibility index (Phi) is 14.1. The van der Waals surface area contributed by atoms with Crippen LogP contribution in [0.1, 0.15) is 133 Å². The molecule has 0 unspecified atom stereocenters. The maximum absolute atomic E-state index is 13.6. The van der Waals surface area contributed by atoms with Gasteiger partial charge in [0.25, 0.3) is 0 Å². The first-order valence-electron chi connectivity index (χ1n) is 14.5. The molecule has 1 atom stereocenters. The lowest BCUT2D eigenvalue weighted by Crippen LogP contribution is -2.30. The maximum Gasteiger partial charge on any atom is 0.323 e. The number of hydrogen-bond acceptors (Lipinski definition) is 3. The minimum Gasteiger partial charge on any atom is -0.465 e. The molecule has 0 aliphatic carbocycles. The van der Waals surface area contributed by atoms with Crippen LogP contribution in [-0.4, -0.2) is 18.5 Å². The van der Waals surface area contributed by atoms with Crippen molar-refractivity contribution < 1.29 is 14.3 Å². The molecule has 1 amide bonds. The Morgan fingerprint density at radius 1 is 0.703 bits per heavy atom. The molecule has 0 aliphatic rings. The van der Waals surface area contributed by atoms with E-state index < -0.39 is 11.9 Å². The zero-order valence-corrected chi connectivity index (χ0v) is 23.9. The van der Waals surface area contributed by atoms with Crippen LogP contribution in [0.4, 0.5) is 5.69 Å². The maximum atomic E-state index is 13.6. The van der Waals surface area contributed by atoms with Crippen molar-refractivity contribution in [3.63, 3.8) is 0 Å². The van der Waals surface area contributed by atoms with E-state index in [0.717, 1.165) is 36.1 Å². The van der Waals surface area contributed by atoms with E-state index in [1.165, 1.54) is 44.9 Å². The molecule has 0 saturated heterocycles. The Morgan fingerprint density at radius 2 is 1.22 bits per heavy atom. The molecule has 4 heteroatoms. The van der Waals surface area contributed by atoms with Crippen LogP contribution in [0.2, 0.25) is 0 Å². The van der Waals surface area contributed by atoms with Gasteiger partial charge in [-0.1, -0.05) is 141 Å². The SMILES string of the molecule is CCCCCCCCCCCCOC(=O)[C@H](C(=O)Nc1c(C(C)C)cccc1C(C)C)c1ccccc1. The van der Waals surface area contributed by atoms with Crippen LogP contribution in [0.3, 0.4) is 0 Å². The molecule has 0 heterocycles. The first-order valence-corrected chi connectivity index (χ1v) is 14.5. The molecule has 0 radical (unpaired) electrons. The van der Waals surface area contributed by atoms with Gasteiger partial charge in [-0.05, 0) is 34.9 Å². The molecule has 204 valence electrons. The topological polar surface area (TPSA) is 55.4 Å². The molecule has 0 fully saturated rings. The fourth-order valence-electron chi connectivity index (χ4n) is 4.78. The van der Waals surface area contributed by atoms with Crippen LogP contribution in [0.5, 0.6) is 0 Å². The Morgan fingerprint density at radius 3 is 1.73 bits per heavy atom. The van der Waals surface area contributed by atoms with Gasteiger partial charge in [0.15, 0.2) is 5.92 Å². The van der Waals surface area contributed by atoms with E-state index in [4.69, 9.17) is 4.74 Å². The minimum absolute atomic E-state index is 0.243. The lowest BCUT2D eigenvalue weighted by Gasteiger charge is -2.22. The van der Waals surface area contributed by atoms with E-state index in [-0.39, 0.29) is 17.7 Å². The number of rotatable bonds is 17. The number of ether oxygens (including phenoxy) is 1. The summed E-state index contributed by atoms with van der Waals surface area (Å²) in [6.45, 7) is 11.1. The standard InChI is InChI=1S/C33H49NO3/c1-6-7-8-9-10-11-12-13-14-18-24-37-33(36)30(27-20-16-15-17-21-27)32(35)34-31-28(25(2)3)22-19-23-29(31)26(4)5/h15-17,19-23,25-26,30H,6-14,18,24H2,1-5H3,(H,34,35)/t30-/m0/s1. The number of unbranched alkanes of at least 4 members (excludes halogenated alkanes) is 9. The average Bonchev–Trinajstić information content (AvgIpc) is 2.88. The summed E-state index contributed by atoms with van der Waals surface area (Å²) in [4.78, 5) is 26.8. The van der Waals surface area contributed by atoms with Crippen LogP contribution in [0, 0.1) is 0 Å². The van der Waals surface area contributed by atoms with Gasteiger partial charge in [-0.15, -0.1) is 0 Å². The number of para-hydroxylation sites is 1. The second-order valence-corrected chi connectivity index (χ2v) is 10.8. The van der Waals surface area contributed by atoms with Crippen molar-refractivity contribution in [3.05, 3.63) is 65.2 Å². The van der Waals surface area contributed by atoms with Gasteiger partial charge in [0.05, 0.1) is 6.61 Å². The lowest BCUT2D eigenvalue weighted by molar-refractivity contribution is -0.148. The molecule has 2 rings (SSSR count). The summed E-state index contributed by atoms with van der Waals surface area (Å²) in [5.41, 5.74) is 3.62. The van der Waals surface area contributed by atoms with E-state index in [9.17, 15) is 9.59 Å². The molecule has 0 aliphatic heterocycles. The summed E-state index contributed by atoms with van der Waals surface area (Å²) in [7, 11) is 0. The molecule has 0 saturated carbocycles. The third-order valence-corrected chi connectivity index (χ3v) is 6.99. The van der Waals surface area contributed by atoms with Gasteiger partial charge in [0.2, 0.25) is 5.91 Å². The number of esters is 1. The van der Waals surface area contributed by atoms with Crippen molar-refractivity contribution >= 4 is 17.6 Å². The van der Waals surface area contributed by atoms with Crippen LogP contribution in [-0.2, 0) is 14.3 Å². The number of benzene rings is 2. The van der Waals surface area contributed by atoms with Gasteiger partial charge < -0.3 is 10.1 Å². The van der Waals surface area contributed by atoms with Crippen LogP contribution >= 0.6 is 0 Å². The van der Waals surface area contributed by atoms with E-state index in [1.807, 2.05) is 48.5 Å². The highest BCUT2D eigenvalue weighted by molar-refractivity contribution is 6.10. The number of carbonyl (C=O) groups excluding carboxylic acids is 2. The Balaban J connectivity index is 1.98. The summed E-state index contributed by atoms with van der Waals surface area (Å²) in [5.74, 6) is -1.33. The highest BCUT2D eigenvalue weighted by atomic mass is 16.5. The molecule has 0 bridgehead atoms. The fraction of sp³-hybridized carbons (Fsp3) is 0.576. The first kappa shape index (κ1) is 30.6. The van der Waals surface area contributed by atoms with Gasteiger partial charge in [-0.3, -0.25) is 9.59 Å². The molecule has 1 N–H and O–H groups in total. The van der Waals surface area contributed by atoms with Gasteiger partial charge in [-0.2, -0.15) is 0 Å². The van der Waals surface area contributed by atoms with Crippen LogP contribution in [0.15, 0.2) is 48.5 Å². The number of hydrogen-bond donors (Lipinski definition) is 1. The van der Waals surface area contributed by atoms with Gasteiger partial charge in [0, 0.05) is 5.69 Å². The zero-order valence-electron chi connectivity index (χ0n) is 23.9. The van der Waals surface area contributed by atoms with Crippen molar-refractivity contribution in [1.29, 1.82) is 0 Å². The summed E-state index contributed by atoms with van der Waals surface area (Å²) in [6.07, 6.45) is 12.2. The van der Waals surface area contributed by atoms with Gasteiger partial charge in [0.1, 0.15) is 0 Å². The molecule has 0 aromatic heterocycles. The van der Waals surface area contributed by atoms with Crippen molar-refractivity contribution in [3.8, 4) is 0 Å². The normalized spacial score (nSPS) is 12.1. The van der Waals surface area contributed by atoms with Crippen molar-refractivity contribution in [2.24, 2.45) is 0 Å². The number of nitrogens with one attached hydrogen (secondary N) is 1. The van der Waals surface area contributed by atoms with Crippen LogP contribution < -0.4 is 5.32 Å².